The molecule has 2 aromatic carbocycles. The van der Waals surface area contributed by atoms with E-state index in [1.807, 2.05) is 0 Å². The fourth-order valence-corrected chi connectivity index (χ4v) is 9.39. The fourth-order valence-electron chi connectivity index (χ4n) is 9.39. The van der Waals surface area contributed by atoms with Gasteiger partial charge in [0.05, 0.1) is 66.6 Å². The number of hydrogen-bond donors (Lipinski definition) is 0. The summed E-state index contributed by atoms with van der Waals surface area (Å²) < 4.78 is 14.9. The minimum Gasteiger partial charge on any atom is -0.494 e. The summed E-state index contributed by atoms with van der Waals surface area (Å²) in [5, 5.41) is 0. The zero-order valence-corrected chi connectivity index (χ0v) is 32.5. The lowest BCUT2D eigenvalue weighted by Gasteiger charge is -2.52. The molecule has 4 aliphatic carbocycles. The van der Waals surface area contributed by atoms with Gasteiger partial charge in [-0.15, -0.1) is 0 Å². The van der Waals surface area contributed by atoms with Crippen molar-refractivity contribution in [2.45, 2.75) is 111 Å². The maximum atomic E-state index is 6.25. The number of ether oxygens (including phenoxy) is 2. The summed E-state index contributed by atoms with van der Waals surface area (Å²) in [6.45, 7) is 18.4. The molecule has 0 radical (unpaired) electrons. The first-order valence-corrected chi connectivity index (χ1v) is 20.7. The van der Waals surface area contributed by atoms with Crippen LogP contribution in [-0.4, -0.2) is 75.5 Å². The zero-order valence-electron chi connectivity index (χ0n) is 32.5. The Bertz CT molecular complexity index is 1180. The Morgan fingerprint density at radius 3 is 1.24 bits per heavy atom. The molecule has 0 aliphatic heterocycles. The van der Waals surface area contributed by atoms with E-state index < -0.39 is 0 Å². The molecule has 49 heavy (non-hydrogen) atoms. The quantitative estimate of drug-likeness (QED) is 0.0915. The van der Waals surface area contributed by atoms with Gasteiger partial charge in [-0.1, -0.05) is 29.8 Å². The second-order valence-electron chi connectivity index (χ2n) is 16.7. The van der Waals surface area contributed by atoms with Crippen LogP contribution in [0.1, 0.15) is 122 Å². The van der Waals surface area contributed by atoms with Gasteiger partial charge in [0.1, 0.15) is 11.5 Å². The molecular weight excluding hydrogens is 601 g/mol. The predicted molar refractivity (Wildman–Crippen MR) is 208 cm³/mol. The Morgan fingerprint density at radius 2 is 0.878 bits per heavy atom. The SMILES string of the molecule is CC[N+](C)(CC)CCCCCCOc1ccc(C(=C2C3CC4CC(C3)CC2C4)c2ccc(OCCCCCC[N+](C)(CC)CC)cc2)cc1. The number of hydrogen-bond acceptors (Lipinski definition) is 2. The Kier molecular flexibility index (Phi) is 14.1. The lowest BCUT2D eigenvalue weighted by molar-refractivity contribution is -0.906. The molecular formula is C45H72N2O2+2. The molecule has 0 saturated heterocycles. The van der Waals surface area contributed by atoms with Gasteiger partial charge >= 0.3 is 0 Å². The van der Waals surface area contributed by atoms with E-state index in [0.29, 0.717) is 0 Å². The molecule has 4 fully saturated rings. The third kappa shape index (κ3) is 10.4. The Morgan fingerprint density at radius 1 is 0.510 bits per heavy atom. The molecule has 0 N–H and O–H groups in total. The molecule has 0 heterocycles. The van der Waals surface area contributed by atoms with Crippen LogP contribution in [0.15, 0.2) is 54.1 Å². The summed E-state index contributed by atoms with van der Waals surface area (Å²) in [6, 6.07) is 18.2. The normalized spacial score (nSPS) is 21.7. The van der Waals surface area contributed by atoms with Gasteiger partial charge in [-0.2, -0.15) is 0 Å². The van der Waals surface area contributed by atoms with E-state index in [9.17, 15) is 0 Å². The summed E-state index contributed by atoms with van der Waals surface area (Å²) >= 11 is 0. The summed E-state index contributed by atoms with van der Waals surface area (Å²) in [5.74, 6) is 5.45. The van der Waals surface area contributed by atoms with Crippen LogP contribution in [0.25, 0.3) is 5.57 Å². The van der Waals surface area contributed by atoms with Crippen LogP contribution in [0.2, 0.25) is 0 Å². The van der Waals surface area contributed by atoms with Gasteiger partial charge in [-0.3, -0.25) is 0 Å². The number of allylic oxidation sites excluding steroid dienone is 1. The molecule has 2 aromatic rings. The Balaban J connectivity index is 1.16. The van der Waals surface area contributed by atoms with Crippen LogP contribution < -0.4 is 9.47 Å². The monoisotopic (exact) mass is 673 g/mol. The minimum atomic E-state index is 0.760. The van der Waals surface area contributed by atoms with Crippen LogP contribution in [0.5, 0.6) is 11.5 Å². The molecule has 0 atom stereocenters. The summed E-state index contributed by atoms with van der Waals surface area (Å²) in [4.78, 5) is 0. The first-order valence-electron chi connectivity index (χ1n) is 20.7. The van der Waals surface area contributed by atoms with Gasteiger partial charge in [0.25, 0.3) is 0 Å². The van der Waals surface area contributed by atoms with E-state index in [-0.39, 0.29) is 0 Å². The van der Waals surface area contributed by atoms with Crippen LogP contribution in [-0.2, 0) is 0 Å². The minimum absolute atomic E-state index is 0.760. The summed E-state index contributed by atoms with van der Waals surface area (Å²) in [5.41, 5.74) is 5.98. The van der Waals surface area contributed by atoms with E-state index in [0.717, 1.165) is 61.2 Å². The highest BCUT2D eigenvalue weighted by atomic mass is 16.5. The van der Waals surface area contributed by atoms with Crippen molar-refractivity contribution in [1.29, 1.82) is 0 Å². The van der Waals surface area contributed by atoms with Gasteiger partial charge in [-0.25, -0.2) is 0 Å². The molecule has 0 aromatic heterocycles. The predicted octanol–water partition coefficient (Wildman–Crippen LogP) is 10.8. The van der Waals surface area contributed by atoms with Crippen LogP contribution in [0.4, 0.5) is 0 Å². The summed E-state index contributed by atoms with van der Waals surface area (Å²) in [7, 11) is 4.78. The lowest BCUT2D eigenvalue weighted by Crippen LogP contribution is -2.44. The van der Waals surface area contributed by atoms with E-state index >= 15 is 0 Å². The largest absolute Gasteiger partial charge is 0.494 e. The van der Waals surface area contributed by atoms with Crippen molar-refractivity contribution in [3.05, 3.63) is 65.2 Å². The van der Waals surface area contributed by atoms with Gasteiger partial charge in [-0.05, 0) is 176 Å². The first-order chi connectivity index (χ1) is 23.8. The number of nitrogens with zero attached hydrogens (tertiary/aromatic N) is 2. The molecule has 4 saturated carbocycles. The van der Waals surface area contributed by atoms with Crippen molar-refractivity contribution in [2.24, 2.45) is 23.7 Å². The standard InChI is InChI=1S/C45H72N2O2/c1-7-46(5,8-2)27-15-11-13-17-29-48-42-23-19-38(20-24-42)44(45-40-32-36-31-37(34-40)35-41(45)33-36)39-21-25-43(26-22-39)49-30-18-14-12-16-28-47(6,9-3)10-4/h19-26,36-37,40-41H,7-18,27-35H2,1-6H3/q+2. The molecule has 6 rings (SSSR count). The van der Waals surface area contributed by atoms with Crippen molar-refractivity contribution >= 4 is 5.57 Å². The molecule has 4 heteroatoms. The molecule has 0 unspecified atom stereocenters. The molecule has 0 amide bonds. The highest BCUT2D eigenvalue weighted by molar-refractivity contribution is 5.83. The van der Waals surface area contributed by atoms with E-state index in [1.54, 1.807) is 5.57 Å². The molecule has 272 valence electrons. The third-order valence-corrected chi connectivity index (χ3v) is 13.4. The maximum absolute atomic E-state index is 6.25. The molecule has 4 aliphatic rings. The van der Waals surface area contributed by atoms with Crippen molar-refractivity contribution in [2.75, 3.05) is 66.6 Å². The van der Waals surface area contributed by atoms with Crippen molar-refractivity contribution in [1.82, 2.24) is 0 Å². The fraction of sp³-hybridized carbons (Fsp3) is 0.689. The topological polar surface area (TPSA) is 18.5 Å². The highest BCUT2D eigenvalue weighted by Crippen LogP contribution is 2.58. The third-order valence-electron chi connectivity index (χ3n) is 13.4. The number of rotatable bonds is 22. The summed E-state index contributed by atoms with van der Waals surface area (Å²) in [6.07, 6.45) is 17.1. The smallest absolute Gasteiger partial charge is 0.119 e. The van der Waals surface area contributed by atoms with Gasteiger partial charge in [0.15, 0.2) is 0 Å². The van der Waals surface area contributed by atoms with E-state index in [4.69, 9.17) is 9.47 Å². The Hall–Kier alpha value is -2.30. The first kappa shape index (κ1) is 37.9. The van der Waals surface area contributed by atoms with Crippen LogP contribution >= 0.6 is 0 Å². The van der Waals surface area contributed by atoms with E-state index in [2.05, 4.69) is 90.3 Å². The molecule has 4 nitrogen and oxygen atoms in total. The van der Waals surface area contributed by atoms with E-state index in [1.165, 1.54) is 136 Å². The number of unbranched alkanes of at least 4 members (excludes halogenated alkanes) is 6. The number of benzene rings is 2. The van der Waals surface area contributed by atoms with Crippen LogP contribution in [0, 0.1) is 23.7 Å². The number of quaternary nitrogens is 2. The molecule has 4 bridgehead atoms. The second-order valence-corrected chi connectivity index (χ2v) is 16.7. The Labute approximate surface area is 301 Å². The van der Waals surface area contributed by atoms with Crippen LogP contribution in [0.3, 0.4) is 0 Å². The van der Waals surface area contributed by atoms with Gasteiger partial charge in [0, 0.05) is 0 Å². The van der Waals surface area contributed by atoms with Crippen molar-refractivity contribution in [3.8, 4) is 11.5 Å². The van der Waals surface area contributed by atoms with Gasteiger partial charge < -0.3 is 18.4 Å². The molecule has 0 spiro atoms. The van der Waals surface area contributed by atoms with Gasteiger partial charge in [0.2, 0.25) is 0 Å². The lowest BCUT2D eigenvalue weighted by atomic mass is 9.53. The second kappa shape index (κ2) is 18.3. The average molecular weight is 673 g/mol. The van der Waals surface area contributed by atoms with Crippen molar-refractivity contribution in [3.63, 3.8) is 0 Å². The maximum Gasteiger partial charge on any atom is 0.119 e. The average Bonchev–Trinajstić information content (AvgIpc) is 3.12. The zero-order chi connectivity index (χ0) is 34.7. The van der Waals surface area contributed by atoms with Crippen molar-refractivity contribution < 1.29 is 18.4 Å². The highest BCUT2D eigenvalue weighted by Gasteiger charge is 2.46.